The fourth-order valence-electron chi connectivity index (χ4n) is 3.02. The van der Waals surface area contributed by atoms with Gasteiger partial charge in [-0.25, -0.2) is 0 Å². The number of halogens is 1. The predicted octanol–water partition coefficient (Wildman–Crippen LogP) is 2.63. The average Bonchev–Trinajstić information content (AvgIpc) is 2.84. The molecule has 1 aromatic carbocycles. The lowest BCUT2D eigenvalue weighted by Gasteiger charge is -2.26. The molecule has 1 heterocycles. The van der Waals surface area contributed by atoms with E-state index in [1.54, 1.807) is 6.07 Å². The highest BCUT2D eigenvalue weighted by Gasteiger charge is 2.44. The van der Waals surface area contributed by atoms with Crippen LogP contribution in [-0.2, 0) is 4.79 Å². The van der Waals surface area contributed by atoms with Gasteiger partial charge in [0.2, 0.25) is 0 Å². The highest BCUT2D eigenvalue weighted by atomic mass is 79.9. The van der Waals surface area contributed by atoms with Crippen molar-refractivity contribution in [3.8, 4) is 0 Å². The standard InChI is InChI=1S/C15H19BrN2O3/c1-2-5-15(14(20)21)6-7-18(9-15)12-4-3-10(16)8-11(12)13(17)19/h3-4,8H,2,5-7,9H2,1H3,(H2,17,19)(H,20,21). The molecule has 1 unspecified atom stereocenters. The number of carboxylic acids is 1. The topological polar surface area (TPSA) is 83.6 Å². The van der Waals surface area contributed by atoms with Gasteiger partial charge in [0.25, 0.3) is 5.91 Å². The van der Waals surface area contributed by atoms with Gasteiger partial charge in [-0.3, -0.25) is 9.59 Å². The number of aliphatic carboxylic acids is 1. The molecule has 0 spiro atoms. The van der Waals surface area contributed by atoms with Crippen LogP contribution in [0.2, 0.25) is 0 Å². The highest BCUT2D eigenvalue weighted by molar-refractivity contribution is 9.10. The summed E-state index contributed by atoms with van der Waals surface area (Å²) >= 11 is 3.32. The van der Waals surface area contributed by atoms with Gasteiger partial charge >= 0.3 is 5.97 Å². The predicted molar refractivity (Wildman–Crippen MR) is 84.5 cm³/mol. The number of nitrogens with two attached hydrogens (primary N) is 1. The second-order valence-electron chi connectivity index (χ2n) is 5.53. The fourth-order valence-corrected chi connectivity index (χ4v) is 3.38. The normalized spacial score (nSPS) is 21.5. The summed E-state index contributed by atoms with van der Waals surface area (Å²) < 4.78 is 0.775. The first kappa shape index (κ1) is 15.8. The minimum Gasteiger partial charge on any atom is -0.481 e. The first-order valence-electron chi connectivity index (χ1n) is 6.97. The summed E-state index contributed by atoms with van der Waals surface area (Å²) in [6.07, 6.45) is 2.05. The SMILES string of the molecule is CCCC1(C(=O)O)CCN(c2ccc(Br)cc2C(N)=O)C1. The Labute approximate surface area is 132 Å². The van der Waals surface area contributed by atoms with Crippen molar-refractivity contribution >= 4 is 33.5 Å². The molecule has 6 heteroatoms. The van der Waals surface area contributed by atoms with E-state index in [4.69, 9.17) is 5.73 Å². The smallest absolute Gasteiger partial charge is 0.311 e. The molecule has 0 radical (unpaired) electrons. The molecule has 1 atom stereocenters. The summed E-state index contributed by atoms with van der Waals surface area (Å²) in [5.41, 5.74) is 5.84. The van der Waals surface area contributed by atoms with Crippen molar-refractivity contribution in [3.05, 3.63) is 28.2 Å². The molecule has 3 N–H and O–H groups in total. The molecule has 1 aromatic rings. The van der Waals surface area contributed by atoms with Crippen LogP contribution in [0.5, 0.6) is 0 Å². The zero-order chi connectivity index (χ0) is 15.6. The van der Waals surface area contributed by atoms with Crippen molar-refractivity contribution in [2.24, 2.45) is 11.1 Å². The molecule has 1 fully saturated rings. The van der Waals surface area contributed by atoms with E-state index in [0.29, 0.717) is 37.2 Å². The molecule has 1 aliphatic rings. The third-order valence-corrected chi connectivity index (χ3v) is 4.59. The molecule has 0 bridgehead atoms. The number of amides is 1. The molecule has 114 valence electrons. The van der Waals surface area contributed by atoms with Gasteiger partial charge in [0.1, 0.15) is 0 Å². The van der Waals surface area contributed by atoms with Crippen LogP contribution in [0.4, 0.5) is 5.69 Å². The van der Waals surface area contributed by atoms with Crippen LogP contribution >= 0.6 is 15.9 Å². The Morgan fingerprint density at radius 2 is 2.19 bits per heavy atom. The van der Waals surface area contributed by atoms with Crippen molar-refractivity contribution in [3.63, 3.8) is 0 Å². The number of rotatable bonds is 5. The number of hydrogen-bond donors (Lipinski definition) is 2. The Morgan fingerprint density at radius 3 is 2.76 bits per heavy atom. The van der Waals surface area contributed by atoms with Crippen LogP contribution in [0.3, 0.4) is 0 Å². The third kappa shape index (κ3) is 3.05. The maximum atomic E-state index is 11.6. The van der Waals surface area contributed by atoms with Crippen LogP contribution in [0, 0.1) is 5.41 Å². The lowest BCUT2D eigenvalue weighted by atomic mass is 9.83. The molecule has 1 aliphatic heterocycles. The Balaban J connectivity index is 2.33. The number of nitrogens with zero attached hydrogens (tertiary/aromatic N) is 1. The van der Waals surface area contributed by atoms with Crippen LogP contribution in [-0.4, -0.2) is 30.1 Å². The van der Waals surface area contributed by atoms with Gasteiger partial charge in [-0.05, 0) is 31.0 Å². The Hall–Kier alpha value is -1.56. The summed E-state index contributed by atoms with van der Waals surface area (Å²) in [6.45, 7) is 3.02. The maximum absolute atomic E-state index is 11.6. The number of benzene rings is 1. The molecular formula is C15H19BrN2O3. The van der Waals surface area contributed by atoms with E-state index in [1.165, 1.54) is 0 Å². The van der Waals surface area contributed by atoms with Gasteiger partial charge < -0.3 is 15.7 Å². The minimum atomic E-state index is -0.760. The molecule has 1 amide bonds. The zero-order valence-corrected chi connectivity index (χ0v) is 13.5. The first-order chi connectivity index (χ1) is 9.89. The largest absolute Gasteiger partial charge is 0.481 e. The van der Waals surface area contributed by atoms with Gasteiger partial charge in [-0.1, -0.05) is 29.3 Å². The molecule has 1 saturated heterocycles. The van der Waals surface area contributed by atoms with E-state index in [0.717, 1.165) is 10.9 Å². The molecule has 2 rings (SSSR count). The fraction of sp³-hybridized carbons (Fsp3) is 0.467. The van der Waals surface area contributed by atoms with Crippen LogP contribution < -0.4 is 10.6 Å². The molecule has 21 heavy (non-hydrogen) atoms. The van der Waals surface area contributed by atoms with Crippen LogP contribution in [0.15, 0.2) is 22.7 Å². The quantitative estimate of drug-likeness (QED) is 0.851. The molecule has 0 aromatic heterocycles. The Bertz CT molecular complexity index is 576. The van der Waals surface area contributed by atoms with Crippen molar-refractivity contribution in [1.82, 2.24) is 0 Å². The lowest BCUT2D eigenvalue weighted by molar-refractivity contribution is -0.148. The minimum absolute atomic E-state index is 0.415. The van der Waals surface area contributed by atoms with Crippen molar-refractivity contribution in [1.29, 1.82) is 0 Å². The maximum Gasteiger partial charge on any atom is 0.311 e. The number of carbonyl (C=O) groups is 2. The molecule has 0 aliphatic carbocycles. The second-order valence-corrected chi connectivity index (χ2v) is 6.45. The van der Waals surface area contributed by atoms with E-state index in [1.807, 2.05) is 24.0 Å². The number of hydrogen-bond acceptors (Lipinski definition) is 3. The van der Waals surface area contributed by atoms with Gasteiger partial charge in [-0.2, -0.15) is 0 Å². The monoisotopic (exact) mass is 354 g/mol. The van der Waals surface area contributed by atoms with E-state index >= 15 is 0 Å². The van der Waals surface area contributed by atoms with Gasteiger partial charge in [0.05, 0.1) is 11.0 Å². The van der Waals surface area contributed by atoms with Crippen LogP contribution in [0.1, 0.15) is 36.5 Å². The van der Waals surface area contributed by atoms with Gasteiger partial charge in [-0.15, -0.1) is 0 Å². The summed E-state index contributed by atoms with van der Waals surface area (Å²) in [7, 11) is 0. The van der Waals surface area contributed by atoms with Crippen molar-refractivity contribution in [2.45, 2.75) is 26.2 Å². The number of primary amides is 1. The van der Waals surface area contributed by atoms with E-state index in [-0.39, 0.29) is 0 Å². The summed E-state index contributed by atoms with van der Waals surface area (Å²) in [5.74, 6) is -1.26. The number of anilines is 1. The van der Waals surface area contributed by atoms with Gasteiger partial charge in [0.15, 0.2) is 0 Å². The van der Waals surface area contributed by atoms with E-state index in [9.17, 15) is 14.7 Å². The molecule has 0 saturated carbocycles. The first-order valence-corrected chi connectivity index (χ1v) is 7.76. The Kier molecular flexibility index (Phi) is 4.56. The Morgan fingerprint density at radius 1 is 1.48 bits per heavy atom. The lowest BCUT2D eigenvalue weighted by Crippen LogP contribution is -2.35. The average molecular weight is 355 g/mol. The van der Waals surface area contributed by atoms with Crippen LogP contribution in [0.25, 0.3) is 0 Å². The highest BCUT2D eigenvalue weighted by Crippen LogP contribution is 2.39. The molecule has 5 nitrogen and oxygen atoms in total. The third-order valence-electron chi connectivity index (χ3n) is 4.10. The summed E-state index contributed by atoms with van der Waals surface area (Å²) in [6, 6.07) is 5.33. The van der Waals surface area contributed by atoms with Crippen molar-refractivity contribution in [2.75, 3.05) is 18.0 Å². The summed E-state index contributed by atoms with van der Waals surface area (Å²) in [5, 5.41) is 9.56. The molecular weight excluding hydrogens is 336 g/mol. The number of carbonyl (C=O) groups excluding carboxylic acids is 1. The van der Waals surface area contributed by atoms with E-state index in [2.05, 4.69) is 15.9 Å². The van der Waals surface area contributed by atoms with E-state index < -0.39 is 17.3 Å². The van der Waals surface area contributed by atoms with Crippen molar-refractivity contribution < 1.29 is 14.7 Å². The second kappa shape index (κ2) is 6.05. The summed E-state index contributed by atoms with van der Waals surface area (Å²) in [4.78, 5) is 25.2. The number of carboxylic acid groups (broad SMARTS) is 1. The zero-order valence-electron chi connectivity index (χ0n) is 11.9. The van der Waals surface area contributed by atoms with Gasteiger partial charge in [0, 0.05) is 23.2 Å².